The number of hydrogen-bond acceptors (Lipinski definition) is 3. The summed E-state index contributed by atoms with van der Waals surface area (Å²) in [4.78, 5) is 2.27. The normalized spacial score (nSPS) is 15.8. The molecule has 3 nitrogen and oxygen atoms in total. The zero-order valence-corrected chi connectivity index (χ0v) is 13.9. The fraction of sp³-hybridized carbons (Fsp3) is 0.200. The number of nitrogens with zero attached hydrogens (tertiary/aromatic N) is 1. The molecule has 118 valence electrons. The van der Waals surface area contributed by atoms with Crippen molar-refractivity contribution in [2.24, 2.45) is 0 Å². The maximum absolute atomic E-state index is 5.91. The first-order valence-corrected chi connectivity index (χ1v) is 7.82. The van der Waals surface area contributed by atoms with Gasteiger partial charge in [0, 0.05) is 29.8 Å². The molecule has 0 amide bonds. The van der Waals surface area contributed by atoms with Gasteiger partial charge < -0.3 is 16.0 Å². The van der Waals surface area contributed by atoms with Gasteiger partial charge >= 0.3 is 0 Å². The molecule has 0 fully saturated rings. The number of nitrogens with one attached hydrogen (secondary N) is 1. The minimum Gasteiger partial charge on any atom is -0.399 e. The lowest BCUT2D eigenvalue weighted by Crippen LogP contribution is -2.28. The quantitative estimate of drug-likeness (QED) is 0.825. The van der Waals surface area contributed by atoms with Crippen molar-refractivity contribution in [2.45, 2.75) is 19.9 Å². The highest BCUT2D eigenvalue weighted by Gasteiger charge is 2.33. The fourth-order valence-electron chi connectivity index (χ4n) is 2.86. The zero-order chi connectivity index (χ0) is 16.6. The predicted molar refractivity (Wildman–Crippen MR) is 99.2 cm³/mol. The number of likely N-dealkylation sites (N-methyl/N-ethyl adjacent to an activating group) is 1. The molecule has 0 saturated carbocycles. The van der Waals surface area contributed by atoms with E-state index in [0.717, 1.165) is 28.2 Å². The van der Waals surface area contributed by atoms with Crippen LogP contribution < -0.4 is 16.0 Å². The first-order chi connectivity index (χ1) is 11.0. The molecule has 3 rings (SSSR count). The van der Waals surface area contributed by atoms with Crippen LogP contribution in [0.1, 0.15) is 16.7 Å². The van der Waals surface area contributed by atoms with Gasteiger partial charge in [-0.05, 0) is 49.2 Å². The van der Waals surface area contributed by atoms with Crippen molar-refractivity contribution >= 4 is 17.1 Å². The molecule has 1 atom stereocenters. The van der Waals surface area contributed by atoms with Gasteiger partial charge in [0.1, 0.15) is 0 Å². The lowest BCUT2D eigenvalue weighted by molar-refractivity contribution is 0.918. The highest BCUT2D eigenvalue weighted by Crippen LogP contribution is 2.37. The molecule has 0 heterocycles. The number of aryl methyl sites for hydroxylation is 2. The second-order valence-corrected chi connectivity index (χ2v) is 6.05. The molecule has 0 radical (unpaired) electrons. The summed E-state index contributed by atoms with van der Waals surface area (Å²) in [6.45, 7) is 8.54. The van der Waals surface area contributed by atoms with E-state index >= 15 is 0 Å². The Balaban J connectivity index is 1.99. The lowest BCUT2D eigenvalue weighted by Gasteiger charge is -2.29. The van der Waals surface area contributed by atoms with E-state index in [1.54, 1.807) is 0 Å². The van der Waals surface area contributed by atoms with E-state index in [9.17, 15) is 0 Å². The lowest BCUT2D eigenvalue weighted by atomic mass is 10.1. The molecule has 0 spiro atoms. The summed E-state index contributed by atoms with van der Waals surface area (Å²) in [6.07, 6.45) is 2.20. The minimum absolute atomic E-state index is 0.233. The van der Waals surface area contributed by atoms with E-state index in [-0.39, 0.29) is 6.04 Å². The third-order valence-corrected chi connectivity index (χ3v) is 4.27. The molecule has 2 aromatic rings. The van der Waals surface area contributed by atoms with Crippen LogP contribution in [0.5, 0.6) is 0 Å². The Morgan fingerprint density at radius 2 is 1.83 bits per heavy atom. The summed E-state index contributed by atoms with van der Waals surface area (Å²) < 4.78 is 0. The van der Waals surface area contributed by atoms with Crippen LogP contribution in [0.3, 0.4) is 0 Å². The van der Waals surface area contributed by atoms with Crippen LogP contribution in [0.4, 0.5) is 11.4 Å². The zero-order valence-electron chi connectivity index (χ0n) is 13.9. The van der Waals surface area contributed by atoms with Gasteiger partial charge in [0.2, 0.25) is 0 Å². The summed E-state index contributed by atoms with van der Waals surface area (Å²) in [5, 5.41) is 3.24. The molecular weight excluding hydrogens is 282 g/mol. The highest BCUT2D eigenvalue weighted by atomic mass is 15.2. The number of hydrogen-bond donors (Lipinski definition) is 2. The van der Waals surface area contributed by atoms with E-state index in [1.165, 1.54) is 11.3 Å². The smallest absolute Gasteiger partial charge is 0.0938 e. The molecule has 3 N–H and O–H groups in total. The maximum Gasteiger partial charge on any atom is 0.0938 e. The van der Waals surface area contributed by atoms with Crippen LogP contribution in [-0.2, 0) is 0 Å². The summed E-state index contributed by atoms with van der Waals surface area (Å²) >= 11 is 0. The van der Waals surface area contributed by atoms with Crippen molar-refractivity contribution in [3.63, 3.8) is 0 Å². The standard InChI is InChI=1S/C20H23N3/c1-13-5-7-16(8-6-13)15(3)23(20-12-18(20)22-4)19-10-9-17(21)11-14(19)2/h5-12,20,22H,3,21H2,1-2,4H3. The first-order valence-electron chi connectivity index (χ1n) is 7.82. The summed E-state index contributed by atoms with van der Waals surface area (Å²) in [7, 11) is 1.95. The van der Waals surface area contributed by atoms with Crippen molar-refractivity contribution in [3.8, 4) is 0 Å². The van der Waals surface area contributed by atoms with Crippen molar-refractivity contribution in [1.29, 1.82) is 0 Å². The van der Waals surface area contributed by atoms with Crippen LogP contribution in [0, 0.1) is 13.8 Å². The molecule has 23 heavy (non-hydrogen) atoms. The summed E-state index contributed by atoms with van der Waals surface area (Å²) in [6, 6.07) is 14.7. The maximum atomic E-state index is 5.91. The SMILES string of the molecule is C=C(c1ccc(C)cc1)N(c1ccc(N)cc1C)C1C=C1NC. The van der Waals surface area contributed by atoms with Gasteiger partial charge in [-0.2, -0.15) is 0 Å². The van der Waals surface area contributed by atoms with Gasteiger partial charge in [0.25, 0.3) is 0 Å². The van der Waals surface area contributed by atoms with Gasteiger partial charge in [-0.15, -0.1) is 0 Å². The van der Waals surface area contributed by atoms with E-state index in [2.05, 4.69) is 67.1 Å². The van der Waals surface area contributed by atoms with Crippen LogP contribution in [0.15, 0.2) is 60.8 Å². The summed E-state index contributed by atoms with van der Waals surface area (Å²) in [5.74, 6) is 0. The average molecular weight is 305 g/mol. The Morgan fingerprint density at radius 1 is 1.13 bits per heavy atom. The van der Waals surface area contributed by atoms with Crippen LogP contribution in [0.2, 0.25) is 0 Å². The molecule has 1 unspecified atom stereocenters. The molecule has 3 heteroatoms. The Kier molecular flexibility index (Phi) is 3.87. The van der Waals surface area contributed by atoms with Crippen molar-refractivity contribution in [3.05, 3.63) is 77.5 Å². The van der Waals surface area contributed by atoms with Crippen molar-refractivity contribution in [2.75, 3.05) is 17.7 Å². The summed E-state index contributed by atoms with van der Waals surface area (Å²) in [5.41, 5.74) is 13.6. The fourth-order valence-corrected chi connectivity index (χ4v) is 2.86. The molecule has 2 aromatic carbocycles. The number of nitrogen functional groups attached to an aromatic ring is 1. The molecule has 1 aliphatic rings. The van der Waals surface area contributed by atoms with Gasteiger partial charge in [-0.3, -0.25) is 0 Å². The monoisotopic (exact) mass is 305 g/mol. The second-order valence-electron chi connectivity index (χ2n) is 6.05. The van der Waals surface area contributed by atoms with E-state index in [0.29, 0.717) is 0 Å². The van der Waals surface area contributed by atoms with E-state index in [1.807, 2.05) is 19.2 Å². The highest BCUT2D eigenvalue weighted by molar-refractivity contribution is 5.83. The van der Waals surface area contributed by atoms with Gasteiger partial charge in [0.05, 0.1) is 6.04 Å². The molecular formula is C20H23N3. The Hall–Kier alpha value is -2.68. The molecule has 0 saturated heterocycles. The van der Waals surface area contributed by atoms with Gasteiger partial charge in [-0.25, -0.2) is 0 Å². The minimum atomic E-state index is 0.233. The molecule has 0 aromatic heterocycles. The third kappa shape index (κ3) is 2.95. The van der Waals surface area contributed by atoms with E-state index < -0.39 is 0 Å². The molecule has 1 aliphatic carbocycles. The van der Waals surface area contributed by atoms with Crippen molar-refractivity contribution < 1.29 is 0 Å². The van der Waals surface area contributed by atoms with Gasteiger partial charge in [0.15, 0.2) is 0 Å². The van der Waals surface area contributed by atoms with Crippen LogP contribution in [0.25, 0.3) is 5.70 Å². The predicted octanol–water partition coefficient (Wildman–Crippen LogP) is 3.85. The molecule has 0 bridgehead atoms. The molecule has 0 aliphatic heterocycles. The number of nitrogens with two attached hydrogens (primary N) is 1. The largest absolute Gasteiger partial charge is 0.399 e. The Morgan fingerprint density at radius 3 is 2.39 bits per heavy atom. The topological polar surface area (TPSA) is 41.3 Å². The third-order valence-electron chi connectivity index (χ3n) is 4.27. The number of rotatable bonds is 5. The Labute approximate surface area is 138 Å². The number of anilines is 2. The average Bonchev–Trinajstić information content (AvgIpc) is 3.29. The van der Waals surface area contributed by atoms with Crippen LogP contribution in [-0.4, -0.2) is 13.1 Å². The van der Waals surface area contributed by atoms with Crippen molar-refractivity contribution in [1.82, 2.24) is 5.32 Å². The Bertz CT molecular complexity index is 772. The number of benzene rings is 2. The van der Waals surface area contributed by atoms with Crippen LogP contribution >= 0.6 is 0 Å². The van der Waals surface area contributed by atoms with Gasteiger partial charge in [-0.1, -0.05) is 36.4 Å². The second kappa shape index (κ2) is 5.84. The van der Waals surface area contributed by atoms with E-state index in [4.69, 9.17) is 5.73 Å². The first kappa shape index (κ1) is 15.2.